The first-order chi connectivity index (χ1) is 27.9. The lowest BCUT2D eigenvalue weighted by atomic mass is 9.81. The third-order valence-corrected chi connectivity index (χ3v) is 11.4. The van der Waals surface area contributed by atoms with Crippen LogP contribution in [0.25, 0.3) is 55.6 Å². The van der Waals surface area contributed by atoms with Crippen LogP contribution in [0.4, 0.5) is 17.1 Å². The third-order valence-electron chi connectivity index (χ3n) is 11.0. The molecule has 0 saturated carbocycles. The van der Waals surface area contributed by atoms with E-state index in [1.807, 2.05) is 0 Å². The summed E-state index contributed by atoms with van der Waals surface area (Å²) in [5.74, 6) is 0. The molecule has 0 spiro atoms. The van der Waals surface area contributed by atoms with Crippen LogP contribution in [0.1, 0.15) is 52.7 Å². The third kappa shape index (κ3) is 8.35. The molecule has 1 nitrogen and oxygen atoms in total. The highest BCUT2D eigenvalue weighted by molar-refractivity contribution is 9.10. The van der Waals surface area contributed by atoms with E-state index in [1.54, 1.807) is 0 Å². The molecule has 8 aromatic carbocycles. The monoisotopic (exact) mass is 815 g/mol. The zero-order chi connectivity index (χ0) is 40.4. The number of halogens is 1. The van der Waals surface area contributed by atoms with Crippen molar-refractivity contribution < 1.29 is 0 Å². The average molecular weight is 817 g/mol. The Morgan fingerprint density at radius 1 is 0.328 bits per heavy atom. The topological polar surface area (TPSA) is 3.24 Å². The van der Waals surface area contributed by atoms with Gasteiger partial charge >= 0.3 is 0 Å². The maximum Gasteiger partial charge on any atom is 0.0618 e. The maximum atomic E-state index is 3.95. The first-order valence-electron chi connectivity index (χ1n) is 20.2. The summed E-state index contributed by atoms with van der Waals surface area (Å²) in [5, 5.41) is 0. The molecule has 0 aliphatic carbocycles. The second-order valence-electron chi connectivity index (χ2n) is 17.3. The van der Waals surface area contributed by atoms with E-state index < -0.39 is 0 Å². The Morgan fingerprint density at radius 2 is 0.690 bits per heavy atom. The van der Waals surface area contributed by atoms with Crippen molar-refractivity contribution >= 4 is 33.0 Å². The first-order valence-corrected chi connectivity index (χ1v) is 21.0. The van der Waals surface area contributed by atoms with Gasteiger partial charge in [-0.05, 0) is 127 Å². The van der Waals surface area contributed by atoms with Crippen LogP contribution in [-0.2, 0) is 10.8 Å². The molecule has 0 unspecified atom stereocenters. The van der Waals surface area contributed by atoms with Gasteiger partial charge in [-0.15, -0.1) is 0 Å². The van der Waals surface area contributed by atoms with Gasteiger partial charge in [-0.1, -0.05) is 191 Å². The van der Waals surface area contributed by atoms with Crippen LogP contribution in [-0.4, -0.2) is 0 Å². The van der Waals surface area contributed by atoms with Crippen molar-refractivity contribution in [1.29, 1.82) is 0 Å². The Balaban J connectivity index is 1.39. The van der Waals surface area contributed by atoms with E-state index >= 15 is 0 Å². The highest BCUT2D eigenvalue weighted by Gasteiger charge is 2.27. The predicted molar refractivity (Wildman–Crippen MR) is 253 cm³/mol. The summed E-state index contributed by atoms with van der Waals surface area (Å²) in [6, 6.07) is 71.0. The molecule has 0 aromatic heterocycles. The Labute approximate surface area is 353 Å². The summed E-state index contributed by atoms with van der Waals surface area (Å²) < 4.78 is 1.05. The van der Waals surface area contributed by atoms with Gasteiger partial charge < -0.3 is 4.90 Å². The molecule has 0 fully saturated rings. The molecule has 2 heteroatoms. The van der Waals surface area contributed by atoms with Crippen LogP contribution in [0.5, 0.6) is 0 Å². The maximum absolute atomic E-state index is 3.95. The highest BCUT2D eigenvalue weighted by Crippen LogP contribution is 2.50. The largest absolute Gasteiger partial charge is 0.309 e. The summed E-state index contributed by atoms with van der Waals surface area (Å²) in [6.07, 6.45) is 0. The molecule has 0 bridgehead atoms. The fourth-order valence-electron chi connectivity index (χ4n) is 7.72. The second kappa shape index (κ2) is 16.1. The normalized spacial score (nSPS) is 11.7. The molecule has 0 saturated heterocycles. The van der Waals surface area contributed by atoms with Gasteiger partial charge in [0, 0.05) is 27.0 Å². The number of hydrogen-bond acceptors (Lipinski definition) is 1. The molecule has 286 valence electrons. The minimum atomic E-state index is -0.0693. The molecule has 0 aliphatic heterocycles. The first kappa shape index (κ1) is 38.9. The van der Waals surface area contributed by atoms with E-state index in [9.17, 15) is 0 Å². The quantitative estimate of drug-likeness (QED) is 0.148. The average Bonchev–Trinajstić information content (AvgIpc) is 3.24. The molecule has 58 heavy (non-hydrogen) atoms. The van der Waals surface area contributed by atoms with Gasteiger partial charge in [0.1, 0.15) is 0 Å². The SMILES string of the molecule is CC(C)(C)c1cc(Br)cc(N(c2ccc(-c3cc(-c4ccccc4)cc(-c4ccccc4)c3)cc2)c2c(-c3ccccc3)cc(C(C)(C)C)cc2-c2ccccc2)c1. The standard InChI is InChI=1S/C56H50BrN/c1-55(2,3)47-34-49(57)38-51(35-47)58(54-52(42-23-15-9-16-24-42)36-48(56(4,5)6)37-53(54)43-25-17-10-18-26-43)50-29-27-41(28-30-50)46-32-44(39-19-11-7-12-20-39)31-45(33-46)40-21-13-8-14-22-40/h7-38H,1-6H3. The number of anilines is 3. The van der Waals surface area contributed by atoms with Gasteiger partial charge in [0.25, 0.3) is 0 Å². The van der Waals surface area contributed by atoms with Gasteiger partial charge in [-0.2, -0.15) is 0 Å². The summed E-state index contributed by atoms with van der Waals surface area (Å²) in [5.41, 5.74) is 17.6. The van der Waals surface area contributed by atoms with Crippen molar-refractivity contribution in [2.24, 2.45) is 0 Å². The second-order valence-corrected chi connectivity index (χ2v) is 18.2. The van der Waals surface area contributed by atoms with E-state index in [1.165, 1.54) is 61.2 Å². The van der Waals surface area contributed by atoms with E-state index in [-0.39, 0.29) is 10.8 Å². The number of nitrogens with zero attached hydrogens (tertiary/aromatic N) is 1. The molecule has 0 atom stereocenters. The minimum Gasteiger partial charge on any atom is -0.309 e. The van der Waals surface area contributed by atoms with Gasteiger partial charge in [0.2, 0.25) is 0 Å². The molecule has 0 heterocycles. The Morgan fingerprint density at radius 3 is 1.09 bits per heavy atom. The number of hydrogen-bond donors (Lipinski definition) is 0. The summed E-state index contributed by atoms with van der Waals surface area (Å²) in [7, 11) is 0. The molecular formula is C56H50BrN. The van der Waals surface area contributed by atoms with E-state index in [4.69, 9.17) is 0 Å². The van der Waals surface area contributed by atoms with Crippen molar-refractivity contribution in [2.75, 3.05) is 4.90 Å². The smallest absolute Gasteiger partial charge is 0.0618 e. The summed E-state index contributed by atoms with van der Waals surface area (Å²) >= 11 is 3.95. The zero-order valence-electron chi connectivity index (χ0n) is 34.3. The highest BCUT2D eigenvalue weighted by atomic mass is 79.9. The van der Waals surface area contributed by atoms with Crippen molar-refractivity contribution in [3.63, 3.8) is 0 Å². The van der Waals surface area contributed by atoms with Gasteiger partial charge in [0.05, 0.1) is 5.69 Å². The molecule has 0 N–H and O–H groups in total. The number of rotatable bonds is 8. The van der Waals surface area contributed by atoms with Crippen LogP contribution >= 0.6 is 15.9 Å². The molecule has 0 amide bonds. The van der Waals surface area contributed by atoms with Crippen molar-refractivity contribution in [2.45, 2.75) is 52.4 Å². The predicted octanol–water partition coefficient (Wildman–Crippen LogP) is 16.8. The van der Waals surface area contributed by atoms with E-state index in [2.05, 4.69) is 256 Å². The lowest BCUT2D eigenvalue weighted by Crippen LogP contribution is -2.17. The lowest BCUT2D eigenvalue weighted by molar-refractivity contribution is 0.589. The fourth-order valence-corrected chi connectivity index (χ4v) is 8.20. The van der Waals surface area contributed by atoms with Crippen LogP contribution in [0.2, 0.25) is 0 Å². The van der Waals surface area contributed by atoms with Crippen LogP contribution in [0, 0.1) is 0 Å². The van der Waals surface area contributed by atoms with Crippen molar-refractivity contribution in [3.8, 4) is 55.6 Å². The molecule has 8 aromatic rings. The van der Waals surface area contributed by atoms with Gasteiger partial charge in [-0.3, -0.25) is 0 Å². The molecule has 0 radical (unpaired) electrons. The Hall–Kier alpha value is -5.96. The van der Waals surface area contributed by atoms with Crippen LogP contribution in [0.3, 0.4) is 0 Å². The zero-order valence-corrected chi connectivity index (χ0v) is 35.9. The van der Waals surface area contributed by atoms with Crippen LogP contribution in [0.15, 0.2) is 199 Å². The fraction of sp³-hybridized carbons (Fsp3) is 0.143. The van der Waals surface area contributed by atoms with E-state index in [0.717, 1.165) is 27.1 Å². The minimum absolute atomic E-state index is 0.0606. The molecule has 8 rings (SSSR count). The molecular weight excluding hydrogens is 767 g/mol. The van der Waals surface area contributed by atoms with E-state index in [0.29, 0.717) is 0 Å². The van der Waals surface area contributed by atoms with Crippen LogP contribution < -0.4 is 4.90 Å². The Kier molecular flexibility index (Phi) is 10.8. The lowest BCUT2D eigenvalue weighted by Gasteiger charge is -2.33. The van der Waals surface area contributed by atoms with Gasteiger partial charge in [-0.25, -0.2) is 0 Å². The molecule has 0 aliphatic rings. The summed E-state index contributed by atoms with van der Waals surface area (Å²) in [4.78, 5) is 2.48. The Bertz CT molecular complexity index is 2530. The van der Waals surface area contributed by atoms with Crippen molar-refractivity contribution in [1.82, 2.24) is 0 Å². The number of benzene rings is 8. The van der Waals surface area contributed by atoms with Gasteiger partial charge in [0.15, 0.2) is 0 Å². The van der Waals surface area contributed by atoms with Crippen molar-refractivity contribution in [3.05, 3.63) is 210 Å². The summed E-state index contributed by atoms with van der Waals surface area (Å²) in [6.45, 7) is 13.8.